The van der Waals surface area contributed by atoms with Crippen molar-refractivity contribution in [3.63, 3.8) is 0 Å². The number of carbonyl (C=O) groups excluding carboxylic acids is 1. The fraction of sp³-hybridized carbons (Fsp3) is 0.450. The van der Waals surface area contributed by atoms with Crippen LogP contribution in [-0.4, -0.2) is 28.5 Å². The van der Waals surface area contributed by atoms with Gasteiger partial charge in [0.15, 0.2) is 12.4 Å². The van der Waals surface area contributed by atoms with Gasteiger partial charge in [-0.2, -0.15) is 4.98 Å². The van der Waals surface area contributed by atoms with Gasteiger partial charge in [-0.1, -0.05) is 26.2 Å². The third-order valence-electron chi connectivity index (χ3n) is 4.54. The Kier molecular flexibility index (Phi) is 6.15. The molecule has 1 saturated carbocycles. The minimum absolute atomic E-state index is 0.0699. The second-order valence-electron chi connectivity index (χ2n) is 6.57. The number of ether oxygens (including phenoxy) is 1. The van der Waals surface area contributed by atoms with E-state index in [-0.39, 0.29) is 24.4 Å². The monoisotopic (exact) mass is 357 g/mol. The van der Waals surface area contributed by atoms with Crippen molar-refractivity contribution in [2.45, 2.75) is 51.5 Å². The van der Waals surface area contributed by atoms with E-state index >= 15 is 0 Å². The van der Waals surface area contributed by atoms with E-state index in [4.69, 9.17) is 4.74 Å². The fourth-order valence-electron chi connectivity index (χ4n) is 3.11. The molecule has 1 aromatic carbocycles. The molecule has 0 saturated heterocycles. The maximum Gasteiger partial charge on any atom is 0.258 e. The highest BCUT2D eigenvalue weighted by Gasteiger charge is 2.16. The summed E-state index contributed by atoms with van der Waals surface area (Å²) in [6.07, 6.45) is 6.36. The Morgan fingerprint density at radius 3 is 2.62 bits per heavy atom. The Balaban J connectivity index is 1.66. The third kappa shape index (κ3) is 5.00. The predicted molar refractivity (Wildman–Crippen MR) is 97.3 cm³/mol. The number of hydrogen-bond acceptors (Lipinski definition) is 4. The number of nitrogens with zero attached hydrogens (tertiary/aromatic N) is 2. The van der Waals surface area contributed by atoms with E-state index in [1.807, 2.05) is 6.92 Å². The summed E-state index contributed by atoms with van der Waals surface area (Å²) in [4.78, 5) is 20.9. The van der Waals surface area contributed by atoms with Crippen molar-refractivity contribution in [3.8, 4) is 17.3 Å². The molecule has 5 nitrogen and oxygen atoms in total. The van der Waals surface area contributed by atoms with E-state index in [0.29, 0.717) is 23.7 Å². The van der Waals surface area contributed by atoms with Crippen LogP contribution in [0.1, 0.15) is 44.7 Å². The van der Waals surface area contributed by atoms with Crippen molar-refractivity contribution in [3.05, 3.63) is 41.8 Å². The standard InChI is InChI=1S/C20H24FN3O2/c1-2-16-12-19(24-20(23-16)14-8-10-15(21)11-9-14)26-13-18(25)22-17-6-4-3-5-7-17/h8-12,17H,2-7,13H2,1H3,(H,22,25). The van der Waals surface area contributed by atoms with Crippen LogP contribution in [0, 0.1) is 5.82 Å². The van der Waals surface area contributed by atoms with Crippen molar-refractivity contribution < 1.29 is 13.9 Å². The molecule has 6 heteroatoms. The molecule has 0 radical (unpaired) electrons. The molecule has 2 aromatic rings. The summed E-state index contributed by atoms with van der Waals surface area (Å²) >= 11 is 0. The van der Waals surface area contributed by atoms with E-state index in [2.05, 4.69) is 15.3 Å². The minimum atomic E-state index is -0.309. The van der Waals surface area contributed by atoms with Gasteiger partial charge in [0, 0.05) is 23.4 Å². The highest BCUT2D eigenvalue weighted by molar-refractivity contribution is 5.77. The average Bonchev–Trinajstić information content (AvgIpc) is 2.67. The van der Waals surface area contributed by atoms with Crippen molar-refractivity contribution >= 4 is 5.91 Å². The Morgan fingerprint density at radius 2 is 1.92 bits per heavy atom. The highest BCUT2D eigenvalue weighted by atomic mass is 19.1. The smallest absolute Gasteiger partial charge is 0.258 e. The van der Waals surface area contributed by atoms with Gasteiger partial charge in [-0.05, 0) is 43.5 Å². The first-order valence-corrected chi connectivity index (χ1v) is 9.20. The maximum atomic E-state index is 13.1. The Labute approximate surface area is 153 Å². The molecule has 3 rings (SSSR count). The molecule has 138 valence electrons. The fourth-order valence-corrected chi connectivity index (χ4v) is 3.11. The molecule has 1 aliphatic rings. The molecule has 26 heavy (non-hydrogen) atoms. The first-order chi connectivity index (χ1) is 12.6. The van der Waals surface area contributed by atoms with Gasteiger partial charge in [-0.15, -0.1) is 0 Å². The summed E-state index contributed by atoms with van der Waals surface area (Å²) in [5.74, 6) is 0.384. The lowest BCUT2D eigenvalue weighted by molar-refractivity contribution is -0.124. The van der Waals surface area contributed by atoms with Crippen molar-refractivity contribution in [2.24, 2.45) is 0 Å². The molecular formula is C20H24FN3O2. The molecule has 1 aromatic heterocycles. The largest absolute Gasteiger partial charge is 0.467 e. The Hall–Kier alpha value is -2.50. The van der Waals surface area contributed by atoms with Gasteiger partial charge in [-0.3, -0.25) is 4.79 Å². The van der Waals surface area contributed by atoms with E-state index in [0.717, 1.165) is 18.5 Å². The summed E-state index contributed by atoms with van der Waals surface area (Å²) < 4.78 is 18.7. The van der Waals surface area contributed by atoms with Gasteiger partial charge in [0.25, 0.3) is 5.91 Å². The lowest BCUT2D eigenvalue weighted by Gasteiger charge is -2.22. The number of carbonyl (C=O) groups is 1. The molecule has 1 N–H and O–H groups in total. The molecule has 1 fully saturated rings. The minimum Gasteiger partial charge on any atom is -0.467 e. The molecule has 1 heterocycles. The highest BCUT2D eigenvalue weighted by Crippen LogP contribution is 2.20. The van der Waals surface area contributed by atoms with Crippen molar-refractivity contribution in [2.75, 3.05) is 6.61 Å². The zero-order valence-electron chi connectivity index (χ0n) is 15.0. The van der Waals surface area contributed by atoms with Crippen LogP contribution < -0.4 is 10.1 Å². The SMILES string of the molecule is CCc1cc(OCC(=O)NC2CCCCC2)nc(-c2ccc(F)cc2)n1. The summed E-state index contributed by atoms with van der Waals surface area (Å²) in [5, 5.41) is 3.02. The molecule has 1 amide bonds. The zero-order chi connectivity index (χ0) is 18.4. The van der Waals surface area contributed by atoms with E-state index in [9.17, 15) is 9.18 Å². The molecular weight excluding hydrogens is 333 g/mol. The quantitative estimate of drug-likeness (QED) is 0.857. The number of rotatable bonds is 6. The number of nitrogens with one attached hydrogen (secondary N) is 1. The second kappa shape index (κ2) is 8.74. The van der Waals surface area contributed by atoms with Gasteiger partial charge < -0.3 is 10.1 Å². The number of aromatic nitrogens is 2. The number of benzene rings is 1. The van der Waals surface area contributed by atoms with Gasteiger partial charge in [-0.25, -0.2) is 9.37 Å². The molecule has 0 unspecified atom stereocenters. The first kappa shape index (κ1) is 18.3. The van der Waals surface area contributed by atoms with Gasteiger partial charge in [0.2, 0.25) is 5.88 Å². The van der Waals surface area contributed by atoms with E-state index in [1.165, 1.54) is 31.4 Å². The Morgan fingerprint density at radius 1 is 1.19 bits per heavy atom. The van der Waals surface area contributed by atoms with Crippen LogP contribution in [0.15, 0.2) is 30.3 Å². The number of hydrogen-bond donors (Lipinski definition) is 1. The van der Waals surface area contributed by atoms with Crippen LogP contribution in [0.25, 0.3) is 11.4 Å². The second-order valence-corrected chi connectivity index (χ2v) is 6.57. The van der Waals surface area contributed by atoms with E-state index < -0.39 is 0 Å². The normalized spacial score (nSPS) is 14.8. The van der Waals surface area contributed by atoms with Crippen LogP contribution in [0.2, 0.25) is 0 Å². The number of amides is 1. The first-order valence-electron chi connectivity index (χ1n) is 9.20. The average molecular weight is 357 g/mol. The van der Waals surface area contributed by atoms with Crippen LogP contribution in [0.3, 0.4) is 0 Å². The maximum absolute atomic E-state index is 13.1. The lowest BCUT2D eigenvalue weighted by Crippen LogP contribution is -2.39. The molecule has 1 aliphatic carbocycles. The molecule has 0 bridgehead atoms. The van der Waals surface area contributed by atoms with Crippen LogP contribution in [0.5, 0.6) is 5.88 Å². The topological polar surface area (TPSA) is 64.1 Å². The summed E-state index contributed by atoms with van der Waals surface area (Å²) in [7, 11) is 0. The van der Waals surface area contributed by atoms with Crippen LogP contribution in [-0.2, 0) is 11.2 Å². The molecule has 0 spiro atoms. The van der Waals surface area contributed by atoms with Gasteiger partial charge >= 0.3 is 0 Å². The molecule has 0 aliphatic heterocycles. The van der Waals surface area contributed by atoms with Crippen LogP contribution >= 0.6 is 0 Å². The number of aryl methyl sites for hydroxylation is 1. The zero-order valence-corrected chi connectivity index (χ0v) is 15.0. The summed E-state index contributed by atoms with van der Waals surface area (Å²) in [5.41, 5.74) is 1.51. The third-order valence-corrected chi connectivity index (χ3v) is 4.54. The predicted octanol–water partition coefficient (Wildman–Crippen LogP) is 3.67. The van der Waals surface area contributed by atoms with Crippen molar-refractivity contribution in [1.82, 2.24) is 15.3 Å². The summed E-state index contributed by atoms with van der Waals surface area (Å²) in [6.45, 7) is 1.91. The van der Waals surface area contributed by atoms with Gasteiger partial charge in [0.1, 0.15) is 5.82 Å². The lowest BCUT2D eigenvalue weighted by atomic mass is 9.95. The van der Waals surface area contributed by atoms with Crippen LogP contribution in [0.4, 0.5) is 4.39 Å². The number of halogens is 1. The van der Waals surface area contributed by atoms with Gasteiger partial charge in [0.05, 0.1) is 0 Å². The Bertz CT molecular complexity index is 743. The van der Waals surface area contributed by atoms with Crippen molar-refractivity contribution in [1.29, 1.82) is 0 Å². The summed E-state index contributed by atoms with van der Waals surface area (Å²) in [6, 6.07) is 7.99. The molecule has 0 atom stereocenters. The van der Waals surface area contributed by atoms with E-state index in [1.54, 1.807) is 18.2 Å².